The first-order chi connectivity index (χ1) is 29.6. The highest BCUT2D eigenvalue weighted by Crippen LogP contribution is 2.34. The van der Waals surface area contributed by atoms with E-state index in [4.69, 9.17) is 9.29 Å². The van der Waals surface area contributed by atoms with Crippen molar-refractivity contribution in [3.05, 3.63) is 103 Å². The first-order valence-corrected chi connectivity index (χ1v) is 23.8. The van der Waals surface area contributed by atoms with Gasteiger partial charge in [-0.05, 0) is 103 Å². The first kappa shape index (κ1) is 45.9. The van der Waals surface area contributed by atoms with Gasteiger partial charge in [0.15, 0.2) is 5.37 Å². The highest BCUT2D eigenvalue weighted by atomic mass is 32.2. The Morgan fingerprint density at radius 1 is 0.587 bits per heavy atom. The van der Waals surface area contributed by atoms with Gasteiger partial charge in [-0.2, -0.15) is 69.1 Å². The number of benzene rings is 5. The van der Waals surface area contributed by atoms with Crippen LogP contribution in [0.25, 0.3) is 10.8 Å². The summed E-state index contributed by atoms with van der Waals surface area (Å²) in [7, 11) is -17.8. The number of hydrogen-bond acceptors (Lipinski definition) is 19. The van der Waals surface area contributed by atoms with E-state index in [9.17, 15) is 47.3 Å². The second-order valence-corrected chi connectivity index (χ2v) is 19.3. The van der Waals surface area contributed by atoms with Crippen LogP contribution in [0.4, 0.5) is 52.0 Å². The van der Waals surface area contributed by atoms with Crippen molar-refractivity contribution in [3.63, 3.8) is 0 Å². The van der Waals surface area contributed by atoms with E-state index in [1.165, 1.54) is 48.5 Å². The quantitative estimate of drug-likeness (QED) is 0.0256. The Kier molecular flexibility index (Phi) is 13.7. The number of anilines is 5. The molecule has 23 nitrogen and oxygen atoms in total. The molecule has 7 N–H and O–H groups in total. The summed E-state index contributed by atoms with van der Waals surface area (Å²) < 4.78 is 136. The normalized spacial score (nSPS) is 13.0. The largest absolute Gasteiger partial charge is 0.491 e. The lowest BCUT2D eigenvalue weighted by Gasteiger charge is -2.16. The molecule has 0 fully saturated rings. The molecule has 0 radical (unpaired) electrons. The van der Waals surface area contributed by atoms with Gasteiger partial charge in [0.05, 0.1) is 50.6 Å². The van der Waals surface area contributed by atoms with Crippen molar-refractivity contribution in [1.29, 1.82) is 0 Å². The molecule has 1 unspecified atom stereocenters. The Morgan fingerprint density at radius 2 is 1.13 bits per heavy atom. The van der Waals surface area contributed by atoms with Crippen LogP contribution in [0.1, 0.15) is 13.3 Å². The molecule has 1 heterocycles. The number of hydrogen-bond donors (Lipinski definition) is 7. The lowest BCUT2D eigenvalue weighted by Crippen LogP contribution is -2.27. The molecule has 5 aromatic carbocycles. The Labute approximate surface area is 359 Å². The van der Waals surface area contributed by atoms with E-state index in [1.807, 2.05) is 0 Å². The molecule has 63 heavy (non-hydrogen) atoms. The molecule has 1 atom stereocenters. The second-order valence-electron chi connectivity index (χ2n) is 13.1. The molecule has 1 aromatic heterocycles. The minimum absolute atomic E-state index is 0.0453. The van der Waals surface area contributed by atoms with Gasteiger partial charge in [0.25, 0.3) is 40.5 Å². The van der Waals surface area contributed by atoms with Gasteiger partial charge in [-0.1, -0.05) is 18.2 Å². The smallest absolute Gasteiger partial charge is 0.294 e. The Bertz CT molecular complexity index is 3190. The zero-order valence-electron chi connectivity index (χ0n) is 32.2. The Hall–Kier alpha value is -6.59. The second kappa shape index (κ2) is 18.8. The van der Waals surface area contributed by atoms with Crippen LogP contribution in [0.2, 0.25) is 0 Å². The lowest BCUT2D eigenvalue weighted by molar-refractivity contribution is 0.317. The molecule has 0 bridgehead atoms. The van der Waals surface area contributed by atoms with Gasteiger partial charge in [0, 0.05) is 11.8 Å². The number of ether oxygens (including phenoxy) is 1. The standard InChI is InChI=1S/C36H34N10O13S4/c1-22(61(50,51)52)37-34-40-35(38-25-9-11-26(12-10-25)43-45-28-8-6-24-19-31(63(56,57)58)14-7-23(24)18-28)42-36(41-34)39-32-15-13-29(21-33(32)59-16-3-17-60(47,48)49)46-44-27-4-2-5-30(20-27)62(53,54)55/h2,4-15,18-22H,3,16-17H2,1H3,(H,47,48,49)(H,50,51,52)(H,53,54,55)(H,56,57,58)(H3,37,38,39,40,41,42). The van der Waals surface area contributed by atoms with E-state index >= 15 is 0 Å². The lowest BCUT2D eigenvalue weighted by atomic mass is 10.1. The maximum atomic E-state index is 11.9. The van der Waals surface area contributed by atoms with Gasteiger partial charge in [0.2, 0.25) is 17.8 Å². The van der Waals surface area contributed by atoms with Gasteiger partial charge in [-0.15, -0.1) is 0 Å². The predicted molar refractivity (Wildman–Crippen MR) is 229 cm³/mol. The minimum atomic E-state index is -4.61. The summed E-state index contributed by atoms with van der Waals surface area (Å²) >= 11 is 0. The van der Waals surface area contributed by atoms with Crippen LogP contribution in [0.15, 0.2) is 133 Å². The van der Waals surface area contributed by atoms with Crippen LogP contribution < -0.4 is 20.7 Å². The molecule has 0 aliphatic carbocycles. The zero-order valence-corrected chi connectivity index (χ0v) is 35.5. The predicted octanol–water partition coefficient (Wildman–Crippen LogP) is 7.14. The van der Waals surface area contributed by atoms with E-state index in [2.05, 4.69) is 51.4 Å². The van der Waals surface area contributed by atoms with Crippen molar-refractivity contribution in [2.24, 2.45) is 20.5 Å². The fourth-order valence-corrected chi connectivity index (χ4v) is 7.03. The number of nitrogens with one attached hydrogen (secondary N) is 3. The number of rotatable bonds is 18. The summed E-state index contributed by atoms with van der Waals surface area (Å²) in [6, 6.07) is 24.8. The monoisotopic (exact) mass is 942 g/mol. The molecule has 0 saturated heterocycles. The van der Waals surface area contributed by atoms with Crippen molar-refractivity contribution >= 4 is 103 Å². The molecule has 0 aliphatic heterocycles. The number of aromatic nitrogens is 3. The molecule has 0 spiro atoms. The molecule has 6 aromatic rings. The van der Waals surface area contributed by atoms with E-state index in [-0.39, 0.29) is 58.6 Å². The van der Waals surface area contributed by atoms with Crippen molar-refractivity contribution < 1.29 is 56.6 Å². The highest BCUT2D eigenvalue weighted by molar-refractivity contribution is 7.86. The summed E-state index contributed by atoms with van der Waals surface area (Å²) in [6.45, 7) is 0.932. The summed E-state index contributed by atoms with van der Waals surface area (Å²) in [4.78, 5) is 12.2. The minimum Gasteiger partial charge on any atom is -0.491 e. The molecule has 0 aliphatic rings. The van der Waals surface area contributed by atoms with Crippen LogP contribution in [0, 0.1) is 0 Å². The Balaban J connectivity index is 1.25. The summed E-state index contributed by atoms with van der Waals surface area (Å²) in [5, 5.41) is 24.6. The van der Waals surface area contributed by atoms with Crippen molar-refractivity contribution in [1.82, 2.24) is 15.0 Å². The van der Waals surface area contributed by atoms with Gasteiger partial charge in [0.1, 0.15) is 5.75 Å². The zero-order chi connectivity index (χ0) is 45.6. The molecular formula is C36H34N10O13S4. The third-order valence-corrected chi connectivity index (χ3v) is 11.8. The maximum absolute atomic E-state index is 11.9. The fraction of sp³-hybridized carbons (Fsp3) is 0.139. The van der Waals surface area contributed by atoms with E-state index in [0.717, 1.165) is 19.1 Å². The highest BCUT2D eigenvalue weighted by Gasteiger charge is 2.20. The van der Waals surface area contributed by atoms with Gasteiger partial charge in [-0.25, -0.2) is 0 Å². The molecule has 6 rings (SSSR count). The van der Waals surface area contributed by atoms with E-state index in [0.29, 0.717) is 27.8 Å². The number of azo groups is 2. The van der Waals surface area contributed by atoms with Crippen molar-refractivity contribution in [3.8, 4) is 5.75 Å². The van der Waals surface area contributed by atoms with Crippen LogP contribution in [-0.4, -0.2) is 84.6 Å². The van der Waals surface area contributed by atoms with Crippen molar-refractivity contribution in [2.45, 2.75) is 28.5 Å². The number of fused-ring (bicyclic) bond motifs is 1. The fourth-order valence-electron chi connectivity index (χ4n) is 5.26. The Morgan fingerprint density at radius 3 is 1.78 bits per heavy atom. The third-order valence-electron chi connectivity index (χ3n) is 8.32. The molecule has 330 valence electrons. The average Bonchev–Trinajstić information content (AvgIpc) is 3.20. The SMILES string of the molecule is CC(Nc1nc(Nc2ccc(N=Nc3ccc4cc(S(=O)(=O)O)ccc4c3)cc2)nc(Nc2ccc(N=Nc3cccc(S(=O)(=O)O)c3)cc2OCCCS(=O)(=O)O)n1)S(=O)(=O)O. The van der Waals surface area contributed by atoms with Crippen LogP contribution in [0.3, 0.4) is 0 Å². The number of nitrogens with zero attached hydrogens (tertiary/aromatic N) is 7. The van der Waals surface area contributed by atoms with E-state index < -0.39 is 56.5 Å². The first-order valence-electron chi connectivity index (χ1n) is 17.8. The van der Waals surface area contributed by atoms with Gasteiger partial charge >= 0.3 is 0 Å². The van der Waals surface area contributed by atoms with Crippen LogP contribution >= 0.6 is 0 Å². The third kappa shape index (κ3) is 13.4. The van der Waals surface area contributed by atoms with Gasteiger partial charge < -0.3 is 20.7 Å². The molecular weight excluding hydrogens is 909 g/mol. The molecule has 0 saturated carbocycles. The summed E-state index contributed by atoms with van der Waals surface area (Å²) in [5.41, 5.74) is 1.74. The van der Waals surface area contributed by atoms with Gasteiger partial charge in [-0.3, -0.25) is 18.2 Å². The van der Waals surface area contributed by atoms with Crippen molar-refractivity contribution in [2.75, 3.05) is 28.3 Å². The maximum Gasteiger partial charge on any atom is 0.294 e. The summed E-state index contributed by atoms with van der Waals surface area (Å²) in [6.07, 6.45) is -0.125. The summed E-state index contributed by atoms with van der Waals surface area (Å²) in [5.74, 6) is -1.17. The topological polar surface area (TPSA) is 351 Å². The van der Waals surface area contributed by atoms with Crippen LogP contribution in [-0.2, 0) is 40.5 Å². The van der Waals surface area contributed by atoms with E-state index in [1.54, 1.807) is 42.5 Å². The van der Waals surface area contributed by atoms with Crippen LogP contribution in [0.5, 0.6) is 5.75 Å². The molecule has 27 heteroatoms. The average molecular weight is 943 g/mol. The molecule has 0 amide bonds.